The molecule has 0 fully saturated rings. The van der Waals surface area contributed by atoms with Crippen molar-refractivity contribution in [3.05, 3.63) is 45.8 Å². The summed E-state index contributed by atoms with van der Waals surface area (Å²) in [5.41, 5.74) is 7.46. The second-order valence-corrected chi connectivity index (χ2v) is 4.54. The van der Waals surface area contributed by atoms with Crippen molar-refractivity contribution in [3.63, 3.8) is 0 Å². The largest absolute Gasteiger partial charge is 0.398 e. The van der Waals surface area contributed by atoms with Crippen molar-refractivity contribution in [2.24, 2.45) is 0 Å². The van der Waals surface area contributed by atoms with Gasteiger partial charge < -0.3 is 11.1 Å². The van der Waals surface area contributed by atoms with Crippen LogP contribution in [0.25, 0.3) is 0 Å². The van der Waals surface area contributed by atoms with Crippen LogP contribution in [0.15, 0.2) is 24.3 Å². The van der Waals surface area contributed by atoms with Gasteiger partial charge >= 0.3 is 0 Å². The Morgan fingerprint density at radius 2 is 2.05 bits per heavy atom. The molecule has 1 aromatic carbocycles. The number of nitrogens with two attached hydrogens (primary N) is 1. The van der Waals surface area contributed by atoms with Crippen LogP contribution in [0.4, 0.5) is 11.5 Å². The molecule has 0 bridgehead atoms. The van der Waals surface area contributed by atoms with Crippen LogP contribution in [0.3, 0.4) is 0 Å². The Labute approximate surface area is 119 Å². The number of carbonyl (C=O) groups is 1. The summed E-state index contributed by atoms with van der Waals surface area (Å²) in [5, 5.41) is 2.71. The van der Waals surface area contributed by atoms with E-state index in [2.05, 4.69) is 15.3 Å². The highest BCUT2D eigenvalue weighted by Crippen LogP contribution is 2.18. The van der Waals surface area contributed by atoms with Crippen molar-refractivity contribution >= 4 is 40.6 Å². The number of nitrogen functional groups attached to an aromatic ring is 1. The van der Waals surface area contributed by atoms with Crippen LogP contribution in [0.5, 0.6) is 0 Å². The van der Waals surface area contributed by atoms with Crippen molar-refractivity contribution in [2.45, 2.75) is 6.92 Å². The molecule has 0 aliphatic carbocycles. The number of benzene rings is 1. The fraction of sp³-hybridized carbons (Fsp3) is 0.0833. The average Bonchev–Trinajstić information content (AvgIpc) is 2.31. The van der Waals surface area contributed by atoms with Crippen molar-refractivity contribution < 1.29 is 4.79 Å². The third kappa shape index (κ3) is 3.13. The van der Waals surface area contributed by atoms with Crippen molar-refractivity contribution in [3.8, 4) is 0 Å². The Morgan fingerprint density at radius 3 is 2.74 bits per heavy atom. The van der Waals surface area contributed by atoms with Gasteiger partial charge in [0.1, 0.15) is 11.0 Å². The number of halogens is 2. The van der Waals surface area contributed by atoms with Crippen LogP contribution in [0.2, 0.25) is 10.4 Å². The number of aromatic nitrogens is 2. The average molecular weight is 297 g/mol. The summed E-state index contributed by atoms with van der Waals surface area (Å²) in [6.07, 6.45) is 0. The van der Waals surface area contributed by atoms with E-state index >= 15 is 0 Å². The molecule has 3 N–H and O–H groups in total. The fourth-order valence-electron chi connectivity index (χ4n) is 1.54. The summed E-state index contributed by atoms with van der Waals surface area (Å²) in [6, 6.07) is 6.51. The number of nitrogens with zero attached hydrogens (tertiary/aromatic N) is 2. The number of anilines is 2. The highest BCUT2D eigenvalue weighted by atomic mass is 35.5. The van der Waals surface area contributed by atoms with E-state index in [0.29, 0.717) is 16.8 Å². The van der Waals surface area contributed by atoms with Crippen LogP contribution in [-0.2, 0) is 0 Å². The van der Waals surface area contributed by atoms with E-state index in [9.17, 15) is 4.79 Å². The number of amides is 1. The van der Waals surface area contributed by atoms with Crippen LogP contribution in [-0.4, -0.2) is 15.9 Å². The molecule has 0 unspecified atom stereocenters. The highest BCUT2D eigenvalue weighted by molar-refractivity contribution is 6.32. The summed E-state index contributed by atoms with van der Waals surface area (Å²) in [5.74, 6) is -0.104. The second-order valence-electron chi connectivity index (χ2n) is 3.82. The summed E-state index contributed by atoms with van der Waals surface area (Å²) in [4.78, 5) is 19.6. The van der Waals surface area contributed by atoms with Gasteiger partial charge in [-0.1, -0.05) is 17.7 Å². The zero-order valence-electron chi connectivity index (χ0n) is 9.95. The minimum Gasteiger partial charge on any atom is -0.398 e. The molecule has 0 atom stereocenters. The van der Waals surface area contributed by atoms with Gasteiger partial charge in [-0.3, -0.25) is 4.79 Å². The highest BCUT2D eigenvalue weighted by Gasteiger charge is 2.12. The molecule has 0 saturated carbocycles. The van der Waals surface area contributed by atoms with Gasteiger partial charge in [0.15, 0.2) is 0 Å². The van der Waals surface area contributed by atoms with E-state index in [1.54, 1.807) is 25.1 Å². The van der Waals surface area contributed by atoms with Gasteiger partial charge in [-0.05, 0) is 36.2 Å². The quantitative estimate of drug-likeness (QED) is 0.507. The summed E-state index contributed by atoms with van der Waals surface area (Å²) < 4.78 is 0. The molecule has 0 aliphatic heterocycles. The molecule has 2 rings (SSSR count). The molecule has 0 saturated heterocycles. The van der Waals surface area contributed by atoms with Gasteiger partial charge in [0.2, 0.25) is 5.28 Å². The van der Waals surface area contributed by atoms with Crippen LogP contribution in [0.1, 0.15) is 15.9 Å². The minimum absolute atomic E-state index is 0.0351. The minimum atomic E-state index is -0.337. The van der Waals surface area contributed by atoms with E-state index in [1.165, 1.54) is 6.07 Å². The second kappa shape index (κ2) is 5.42. The molecular weight excluding hydrogens is 287 g/mol. The lowest BCUT2D eigenvalue weighted by Gasteiger charge is -2.09. The SMILES string of the molecule is Cc1c(N)cccc1C(=O)Nc1cc(Cl)nc(Cl)n1. The lowest BCUT2D eigenvalue weighted by molar-refractivity contribution is 0.102. The maximum atomic E-state index is 12.1. The molecule has 0 radical (unpaired) electrons. The smallest absolute Gasteiger partial charge is 0.257 e. The van der Waals surface area contributed by atoms with Gasteiger partial charge in [0.05, 0.1) is 0 Å². The molecule has 98 valence electrons. The predicted octanol–water partition coefficient (Wildman–Crippen LogP) is 2.93. The van der Waals surface area contributed by atoms with Crippen molar-refractivity contribution in [2.75, 3.05) is 11.1 Å². The van der Waals surface area contributed by atoms with E-state index in [0.717, 1.165) is 0 Å². The Kier molecular flexibility index (Phi) is 3.87. The van der Waals surface area contributed by atoms with Crippen molar-refractivity contribution in [1.29, 1.82) is 0 Å². The van der Waals surface area contributed by atoms with Gasteiger partial charge in [0, 0.05) is 17.3 Å². The van der Waals surface area contributed by atoms with Gasteiger partial charge in [0.25, 0.3) is 5.91 Å². The molecule has 1 heterocycles. The first-order chi connectivity index (χ1) is 8.97. The molecule has 19 heavy (non-hydrogen) atoms. The van der Waals surface area contributed by atoms with Crippen LogP contribution in [0, 0.1) is 6.92 Å². The topological polar surface area (TPSA) is 80.9 Å². The Morgan fingerprint density at radius 1 is 1.32 bits per heavy atom. The molecule has 0 aliphatic rings. The van der Waals surface area contributed by atoms with Crippen LogP contribution < -0.4 is 11.1 Å². The molecule has 0 spiro atoms. The Hall–Kier alpha value is -1.85. The van der Waals surface area contributed by atoms with Crippen molar-refractivity contribution in [1.82, 2.24) is 9.97 Å². The van der Waals surface area contributed by atoms with Crippen LogP contribution >= 0.6 is 23.2 Å². The van der Waals surface area contributed by atoms with Gasteiger partial charge in [-0.25, -0.2) is 9.97 Å². The van der Waals surface area contributed by atoms with E-state index in [1.807, 2.05) is 0 Å². The Balaban J connectivity index is 2.28. The molecule has 7 heteroatoms. The van der Waals surface area contributed by atoms with Gasteiger partial charge in [-0.15, -0.1) is 0 Å². The Bertz CT molecular complexity index is 625. The number of nitrogens with one attached hydrogen (secondary N) is 1. The number of hydrogen-bond donors (Lipinski definition) is 2. The molecular formula is C12H10Cl2N4O. The fourth-order valence-corrected chi connectivity index (χ4v) is 1.95. The number of hydrogen-bond acceptors (Lipinski definition) is 4. The third-order valence-electron chi connectivity index (χ3n) is 2.53. The maximum Gasteiger partial charge on any atom is 0.257 e. The monoisotopic (exact) mass is 296 g/mol. The molecule has 1 aromatic heterocycles. The lowest BCUT2D eigenvalue weighted by atomic mass is 10.1. The standard InChI is InChI=1S/C12H10Cl2N4O/c1-6-7(3-2-4-8(6)15)11(19)17-10-5-9(13)16-12(14)18-10/h2-5H,15H2,1H3,(H,16,17,18,19). The van der Waals surface area contributed by atoms with Gasteiger partial charge in [-0.2, -0.15) is 0 Å². The maximum absolute atomic E-state index is 12.1. The number of carbonyl (C=O) groups excluding carboxylic acids is 1. The zero-order chi connectivity index (χ0) is 14.0. The summed E-state index contributed by atoms with van der Waals surface area (Å²) in [7, 11) is 0. The number of rotatable bonds is 2. The van der Waals surface area contributed by atoms with E-state index in [-0.39, 0.29) is 22.2 Å². The predicted molar refractivity (Wildman–Crippen MR) is 75.6 cm³/mol. The van der Waals surface area contributed by atoms with E-state index in [4.69, 9.17) is 28.9 Å². The summed E-state index contributed by atoms with van der Waals surface area (Å²) in [6.45, 7) is 1.77. The lowest BCUT2D eigenvalue weighted by Crippen LogP contribution is -2.15. The van der Waals surface area contributed by atoms with E-state index < -0.39 is 0 Å². The zero-order valence-corrected chi connectivity index (χ0v) is 11.5. The first-order valence-electron chi connectivity index (χ1n) is 5.34. The molecule has 1 amide bonds. The first kappa shape index (κ1) is 13.6. The molecule has 5 nitrogen and oxygen atoms in total. The first-order valence-corrected chi connectivity index (χ1v) is 6.09. The third-order valence-corrected chi connectivity index (χ3v) is 2.89. The summed E-state index contributed by atoms with van der Waals surface area (Å²) >= 11 is 11.4. The normalized spacial score (nSPS) is 10.3. The molecule has 2 aromatic rings.